The SMILES string of the molecule is CC(C)Cn1ncc2[nH]c(-c3cccs3)nc21. The van der Waals surface area contributed by atoms with Gasteiger partial charge in [0, 0.05) is 6.54 Å². The van der Waals surface area contributed by atoms with Crippen molar-refractivity contribution in [2.24, 2.45) is 5.92 Å². The van der Waals surface area contributed by atoms with Crippen molar-refractivity contribution in [1.82, 2.24) is 19.7 Å². The highest BCUT2D eigenvalue weighted by Gasteiger charge is 2.11. The maximum Gasteiger partial charge on any atom is 0.176 e. The molecule has 17 heavy (non-hydrogen) atoms. The summed E-state index contributed by atoms with van der Waals surface area (Å²) < 4.78 is 1.97. The van der Waals surface area contributed by atoms with Gasteiger partial charge in [0.2, 0.25) is 0 Å². The zero-order valence-corrected chi connectivity index (χ0v) is 10.7. The van der Waals surface area contributed by atoms with E-state index in [0.717, 1.165) is 28.4 Å². The van der Waals surface area contributed by atoms with Crippen LogP contribution in [0.5, 0.6) is 0 Å². The average Bonchev–Trinajstić information content (AvgIpc) is 2.93. The topological polar surface area (TPSA) is 46.5 Å². The average molecular weight is 246 g/mol. The third-order valence-electron chi connectivity index (χ3n) is 2.58. The fourth-order valence-corrected chi connectivity index (χ4v) is 2.53. The fraction of sp³-hybridized carbons (Fsp3) is 0.333. The second kappa shape index (κ2) is 4.00. The van der Waals surface area contributed by atoms with Gasteiger partial charge in [0.05, 0.1) is 11.1 Å². The molecule has 3 heterocycles. The lowest BCUT2D eigenvalue weighted by Crippen LogP contribution is -2.05. The molecule has 0 amide bonds. The molecule has 3 aromatic heterocycles. The van der Waals surface area contributed by atoms with Crippen LogP contribution < -0.4 is 0 Å². The van der Waals surface area contributed by atoms with E-state index in [1.54, 1.807) is 11.3 Å². The monoisotopic (exact) mass is 246 g/mol. The molecule has 3 rings (SSSR count). The molecule has 4 nitrogen and oxygen atoms in total. The first-order chi connectivity index (χ1) is 8.24. The smallest absolute Gasteiger partial charge is 0.176 e. The highest BCUT2D eigenvalue weighted by Crippen LogP contribution is 2.24. The maximum absolute atomic E-state index is 4.62. The molecule has 0 aliphatic rings. The molecular formula is C12H14N4S. The van der Waals surface area contributed by atoms with Crippen molar-refractivity contribution in [3.8, 4) is 10.7 Å². The first-order valence-electron chi connectivity index (χ1n) is 5.69. The van der Waals surface area contributed by atoms with Crippen molar-refractivity contribution in [1.29, 1.82) is 0 Å². The molecule has 0 atom stereocenters. The van der Waals surface area contributed by atoms with Gasteiger partial charge in [-0.1, -0.05) is 19.9 Å². The first kappa shape index (κ1) is 10.5. The van der Waals surface area contributed by atoms with Crippen LogP contribution in [-0.4, -0.2) is 19.7 Å². The number of hydrogen-bond acceptors (Lipinski definition) is 3. The van der Waals surface area contributed by atoms with Crippen LogP contribution in [0.15, 0.2) is 23.7 Å². The van der Waals surface area contributed by atoms with Crippen molar-refractivity contribution < 1.29 is 0 Å². The zero-order chi connectivity index (χ0) is 11.8. The van der Waals surface area contributed by atoms with Crippen LogP contribution in [0.2, 0.25) is 0 Å². The largest absolute Gasteiger partial charge is 0.335 e. The molecule has 1 N–H and O–H groups in total. The van der Waals surface area contributed by atoms with E-state index in [1.165, 1.54) is 0 Å². The van der Waals surface area contributed by atoms with Crippen LogP contribution in [0.1, 0.15) is 13.8 Å². The Hall–Kier alpha value is -1.62. The lowest BCUT2D eigenvalue weighted by molar-refractivity contribution is 0.492. The number of hydrogen-bond donors (Lipinski definition) is 1. The summed E-state index contributed by atoms with van der Waals surface area (Å²) in [6.07, 6.45) is 1.85. The Morgan fingerprint density at radius 3 is 3.06 bits per heavy atom. The molecule has 0 aliphatic carbocycles. The Morgan fingerprint density at radius 1 is 1.47 bits per heavy atom. The van der Waals surface area contributed by atoms with Gasteiger partial charge in [0.15, 0.2) is 11.5 Å². The normalized spacial score (nSPS) is 11.7. The van der Waals surface area contributed by atoms with Crippen LogP contribution in [0, 0.1) is 5.92 Å². The van der Waals surface area contributed by atoms with Crippen LogP contribution in [0.3, 0.4) is 0 Å². The lowest BCUT2D eigenvalue weighted by Gasteiger charge is -2.03. The molecule has 0 saturated heterocycles. The number of fused-ring (bicyclic) bond motifs is 1. The highest BCUT2D eigenvalue weighted by atomic mass is 32.1. The Balaban J connectivity index is 2.05. The van der Waals surface area contributed by atoms with Gasteiger partial charge in [-0.15, -0.1) is 11.3 Å². The number of aromatic nitrogens is 4. The quantitative estimate of drug-likeness (QED) is 0.771. The van der Waals surface area contributed by atoms with Gasteiger partial charge in [-0.05, 0) is 17.4 Å². The van der Waals surface area contributed by atoms with E-state index in [0.29, 0.717) is 5.92 Å². The number of nitrogens with one attached hydrogen (secondary N) is 1. The van der Waals surface area contributed by atoms with E-state index < -0.39 is 0 Å². The summed E-state index contributed by atoms with van der Waals surface area (Å²) in [6.45, 7) is 5.26. The van der Waals surface area contributed by atoms with Crippen LogP contribution in [0.4, 0.5) is 0 Å². The van der Waals surface area contributed by atoms with Gasteiger partial charge in [0.1, 0.15) is 5.52 Å². The zero-order valence-electron chi connectivity index (χ0n) is 9.84. The van der Waals surface area contributed by atoms with E-state index in [-0.39, 0.29) is 0 Å². The molecule has 0 fully saturated rings. The number of thiophene rings is 1. The van der Waals surface area contributed by atoms with Gasteiger partial charge >= 0.3 is 0 Å². The predicted octanol–water partition coefficient (Wildman–Crippen LogP) is 3.14. The Bertz CT molecular complexity index is 618. The van der Waals surface area contributed by atoms with E-state index in [4.69, 9.17) is 0 Å². The van der Waals surface area contributed by atoms with Crippen LogP contribution in [-0.2, 0) is 6.54 Å². The summed E-state index contributed by atoms with van der Waals surface area (Å²) in [5.74, 6) is 1.50. The van der Waals surface area contributed by atoms with E-state index in [9.17, 15) is 0 Å². The van der Waals surface area contributed by atoms with Gasteiger partial charge in [0.25, 0.3) is 0 Å². The van der Waals surface area contributed by atoms with E-state index in [1.807, 2.05) is 16.9 Å². The van der Waals surface area contributed by atoms with Gasteiger partial charge in [-0.2, -0.15) is 5.10 Å². The van der Waals surface area contributed by atoms with Crippen molar-refractivity contribution >= 4 is 22.5 Å². The van der Waals surface area contributed by atoms with Gasteiger partial charge in [-0.25, -0.2) is 9.67 Å². The standard InChI is InChI=1S/C12H14N4S/c1-8(2)7-16-12-9(6-13-16)14-11(15-12)10-4-3-5-17-10/h3-6,8H,7H2,1-2H3,(H,14,15). The van der Waals surface area contributed by atoms with Gasteiger partial charge in [-0.3, -0.25) is 0 Å². The van der Waals surface area contributed by atoms with Crippen molar-refractivity contribution in [3.05, 3.63) is 23.7 Å². The van der Waals surface area contributed by atoms with E-state index in [2.05, 4.69) is 40.4 Å². The first-order valence-corrected chi connectivity index (χ1v) is 6.57. The van der Waals surface area contributed by atoms with Crippen molar-refractivity contribution in [3.63, 3.8) is 0 Å². The molecule has 0 saturated carbocycles. The summed E-state index contributed by atoms with van der Waals surface area (Å²) >= 11 is 1.69. The molecule has 0 aliphatic heterocycles. The number of nitrogens with zero attached hydrogens (tertiary/aromatic N) is 3. The molecule has 88 valence electrons. The molecule has 0 spiro atoms. The summed E-state index contributed by atoms with van der Waals surface area (Å²) in [4.78, 5) is 9.10. The number of H-pyrrole nitrogens is 1. The summed E-state index contributed by atoms with van der Waals surface area (Å²) in [7, 11) is 0. The van der Waals surface area contributed by atoms with E-state index >= 15 is 0 Å². The number of imidazole rings is 1. The second-order valence-corrected chi connectivity index (χ2v) is 5.47. The number of aromatic amines is 1. The molecule has 0 radical (unpaired) electrons. The van der Waals surface area contributed by atoms with Crippen molar-refractivity contribution in [2.75, 3.05) is 0 Å². The third-order valence-corrected chi connectivity index (χ3v) is 3.45. The Labute approximate surface area is 103 Å². The molecule has 5 heteroatoms. The lowest BCUT2D eigenvalue weighted by atomic mass is 10.2. The summed E-state index contributed by atoms with van der Waals surface area (Å²) in [5, 5.41) is 6.40. The Kier molecular flexibility index (Phi) is 2.48. The molecule has 3 aromatic rings. The van der Waals surface area contributed by atoms with Gasteiger partial charge < -0.3 is 4.98 Å². The number of rotatable bonds is 3. The molecule has 0 aromatic carbocycles. The highest BCUT2D eigenvalue weighted by molar-refractivity contribution is 7.13. The third kappa shape index (κ3) is 1.86. The summed E-state index contributed by atoms with van der Waals surface area (Å²) in [5.41, 5.74) is 1.95. The molecular weight excluding hydrogens is 232 g/mol. The minimum atomic E-state index is 0.569. The van der Waals surface area contributed by atoms with Crippen LogP contribution >= 0.6 is 11.3 Å². The van der Waals surface area contributed by atoms with Crippen molar-refractivity contribution in [2.45, 2.75) is 20.4 Å². The minimum Gasteiger partial charge on any atom is -0.335 e. The molecule has 0 bridgehead atoms. The fourth-order valence-electron chi connectivity index (χ4n) is 1.86. The maximum atomic E-state index is 4.62. The Morgan fingerprint density at radius 2 is 2.35 bits per heavy atom. The second-order valence-electron chi connectivity index (χ2n) is 4.52. The van der Waals surface area contributed by atoms with Crippen LogP contribution in [0.25, 0.3) is 21.9 Å². The summed E-state index contributed by atoms with van der Waals surface area (Å²) in [6, 6.07) is 4.11. The predicted molar refractivity (Wildman–Crippen MR) is 70.0 cm³/mol. The minimum absolute atomic E-state index is 0.569. The molecule has 0 unspecified atom stereocenters.